The summed E-state index contributed by atoms with van der Waals surface area (Å²) in [6.07, 6.45) is 0. The van der Waals surface area contributed by atoms with E-state index in [0.29, 0.717) is 0 Å². The lowest BCUT2D eigenvalue weighted by Gasteiger charge is -2.04. The molecule has 0 fully saturated rings. The van der Waals surface area contributed by atoms with Gasteiger partial charge in [0.25, 0.3) is 5.69 Å². The highest BCUT2D eigenvalue weighted by molar-refractivity contribution is 5.93. The second kappa shape index (κ2) is 6.49. The van der Waals surface area contributed by atoms with E-state index in [4.69, 9.17) is 5.73 Å². The van der Waals surface area contributed by atoms with Crippen molar-refractivity contribution in [3.8, 4) is 22.4 Å². The van der Waals surface area contributed by atoms with Crippen LogP contribution in [-0.2, 0) is 0 Å². The summed E-state index contributed by atoms with van der Waals surface area (Å²) in [6, 6.07) is 15.1. The lowest BCUT2D eigenvalue weighted by atomic mass is 10.0. The number of rotatable bonds is 3. The number of nitrogens with two attached hydrogens (primary N) is 1. The molecule has 0 aliphatic heterocycles. The van der Waals surface area contributed by atoms with Crippen LogP contribution in [0.2, 0.25) is 0 Å². The molecule has 0 bridgehead atoms. The Balaban J connectivity index is 1.85. The van der Waals surface area contributed by atoms with E-state index < -0.39 is 4.92 Å². The van der Waals surface area contributed by atoms with Gasteiger partial charge in [0.1, 0.15) is 5.69 Å². The van der Waals surface area contributed by atoms with E-state index in [1.54, 1.807) is 12.1 Å². The Morgan fingerprint density at radius 2 is 1.57 bits per heavy atom. The average Bonchev–Trinajstić information content (AvgIpc) is 2.97. The Labute approximate surface area is 162 Å². The molecule has 0 amide bonds. The van der Waals surface area contributed by atoms with E-state index in [1.807, 2.05) is 32.0 Å². The number of fused-ring (bicyclic) bond motifs is 1. The molecule has 0 aliphatic rings. The molecule has 4 rings (SSSR count). The SMILES string of the molecule is Cc1cc(-c2[nH]c3cc(-c4ccc(N)c([N+](=O)[O-])c4)ccc3c2C)cc(C)n1. The summed E-state index contributed by atoms with van der Waals surface area (Å²) in [6.45, 7) is 6.06. The third-order valence-electron chi connectivity index (χ3n) is 4.99. The third-order valence-corrected chi connectivity index (χ3v) is 4.99. The molecule has 6 heteroatoms. The molecule has 2 aromatic heterocycles. The smallest absolute Gasteiger partial charge is 0.292 e. The van der Waals surface area contributed by atoms with Crippen LogP contribution in [0.25, 0.3) is 33.3 Å². The minimum absolute atomic E-state index is 0.0799. The van der Waals surface area contributed by atoms with Crippen LogP contribution in [0.3, 0.4) is 0 Å². The van der Waals surface area contributed by atoms with E-state index in [0.717, 1.165) is 50.2 Å². The average molecular weight is 372 g/mol. The van der Waals surface area contributed by atoms with Gasteiger partial charge >= 0.3 is 0 Å². The number of H-pyrrole nitrogens is 1. The first kappa shape index (κ1) is 17.7. The summed E-state index contributed by atoms with van der Waals surface area (Å²) in [5.41, 5.74) is 13.7. The number of nitrogen functional groups attached to an aromatic ring is 1. The van der Waals surface area contributed by atoms with Gasteiger partial charge in [0.15, 0.2) is 0 Å². The number of pyridine rings is 1. The fraction of sp³-hybridized carbons (Fsp3) is 0.136. The Morgan fingerprint density at radius 1 is 0.929 bits per heavy atom. The molecule has 0 saturated heterocycles. The van der Waals surface area contributed by atoms with Crippen LogP contribution >= 0.6 is 0 Å². The molecule has 3 N–H and O–H groups in total. The Bertz CT molecular complexity index is 1220. The van der Waals surface area contributed by atoms with Crippen molar-refractivity contribution in [2.75, 3.05) is 5.73 Å². The molecular formula is C22H20N4O2. The van der Waals surface area contributed by atoms with Crippen molar-refractivity contribution in [1.82, 2.24) is 9.97 Å². The summed E-state index contributed by atoms with van der Waals surface area (Å²) in [4.78, 5) is 18.7. The number of aromatic nitrogens is 2. The molecule has 0 saturated carbocycles. The highest BCUT2D eigenvalue weighted by Gasteiger charge is 2.15. The first-order valence-electron chi connectivity index (χ1n) is 8.96. The number of aryl methyl sites for hydroxylation is 3. The van der Waals surface area contributed by atoms with Crippen molar-refractivity contribution in [3.63, 3.8) is 0 Å². The summed E-state index contributed by atoms with van der Waals surface area (Å²) in [5, 5.41) is 12.3. The van der Waals surface area contributed by atoms with Crippen LogP contribution in [0, 0.1) is 30.9 Å². The van der Waals surface area contributed by atoms with Crippen molar-refractivity contribution in [2.24, 2.45) is 0 Å². The summed E-state index contributed by atoms with van der Waals surface area (Å²) < 4.78 is 0. The van der Waals surface area contributed by atoms with Gasteiger partial charge in [0.05, 0.1) is 4.92 Å². The number of anilines is 1. The predicted octanol–water partition coefficient (Wildman–Crippen LogP) is 5.31. The van der Waals surface area contributed by atoms with Crippen molar-refractivity contribution in [2.45, 2.75) is 20.8 Å². The van der Waals surface area contributed by atoms with Crippen LogP contribution in [0.1, 0.15) is 17.0 Å². The molecule has 0 aliphatic carbocycles. The largest absolute Gasteiger partial charge is 0.393 e. The molecule has 0 spiro atoms. The number of hydrogen-bond acceptors (Lipinski definition) is 4. The first-order valence-corrected chi connectivity index (χ1v) is 8.96. The van der Waals surface area contributed by atoms with E-state index in [9.17, 15) is 10.1 Å². The predicted molar refractivity (Wildman–Crippen MR) is 112 cm³/mol. The number of nitrogens with zero attached hydrogens (tertiary/aromatic N) is 2. The fourth-order valence-corrected chi connectivity index (χ4v) is 3.67. The second-order valence-corrected chi connectivity index (χ2v) is 7.05. The first-order chi connectivity index (χ1) is 13.3. The third kappa shape index (κ3) is 2.99. The highest BCUT2D eigenvalue weighted by Crippen LogP contribution is 2.34. The Hall–Kier alpha value is -3.67. The van der Waals surface area contributed by atoms with Gasteiger partial charge in [-0.25, -0.2) is 0 Å². The van der Waals surface area contributed by atoms with Crippen LogP contribution in [-0.4, -0.2) is 14.9 Å². The highest BCUT2D eigenvalue weighted by atomic mass is 16.6. The van der Waals surface area contributed by atoms with E-state index in [-0.39, 0.29) is 11.4 Å². The van der Waals surface area contributed by atoms with Crippen LogP contribution in [0.15, 0.2) is 48.5 Å². The number of nitro groups is 1. The molecule has 0 unspecified atom stereocenters. The van der Waals surface area contributed by atoms with Gasteiger partial charge in [-0.1, -0.05) is 18.2 Å². The molecule has 28 heavy (non-hydrogen) atoms. The standard InChI is InChI=1S/C22H20N4O2/c1-12-8-17(9-13(2)24-12)22-14(3)18-6-4-15(10-20(18)25-22)16-5-7-19(23)21(11-16)26(27)28/h4-11,25H,23H2,1-3H3. The van der Waals surface area contributed by atoms with Crippen LogP contribution in [0.5, 0.6) is 0 Å². The lowest BCUT2D eigenvalue weighted by Crippen LogP contribution is -1.95. The van der Waals surface area contributed by atoms with Gasteiger partial charge in [-0.2, -0.15) is 0 Å². The van der Waals surface area contributed by atoms with Crippen LogP contribution in [0.4, 0.5) is 11.4 Å². The molecule has 140 valence electrons. The minimum Gasteiger partial charge on any atom is -0.393 e. The monoisotopic (exact) mass is 372 g/mol. The van der Waals surface area contributed by atoms with Crippen molar-refractivity contribution in [3.05, 3.63) is 75.6 Å². The quantitative estimate of drug-likeness (QED) is 0.289. The van der Waals surface area contributed by atoms with Crippen LogP contribution < -0.4 is 5.73 Å². The van der Waals surface area contributed by atoms with Gasteiger partial charge in [-0.3, -0.25) is 15.1 Å². The Kier molecular flexibility index (Phi) is 4.11. The Morgan fingerprint density at radius 3 is 2.25 bits per heavy atom. The number of hydrogen-bond donors (Lipinski definition) is 2. The topological polar surface area (TPSA) is 97.8 Å². The maximum Gasteiger partial charge on any atom is 0.292 e. The maximum absolute atomic E-state index is 11.2. The van der Waals surface area contributed by atoms with Crippen molar-refractivity contribution >= 4 is 22.3 Å². The second-order valence-electron chi connectivity index (χ2n) is 7.05. The molecule has 6 nitrogen and oxygen atoms in total. The van der Waals surface area contributed by atoms with Gasteiger partial charge in [0, 0.05) is 39.6 Å². The molecule has 2 aromatic carbocycles. The summed E-state index contributed by atoms with van der Waals surface area (Å²) >= 11 is 0. The number of aromatic amines is 1. The number of nitro benzene ring substituents is 1. The van der Waals surface area contributed by atoms with Crippen molar-refractivity contribution in [1.29, 1.82) is 0 Å². The number of nitrogens with one attached hydrogen (secondary N) is 1. The normalized spacial score (nSPS) is 11.1. The minimum atomic E-state index is -0.456. The maximum atomic E-state index is 11.2. The molecule has 0 radical (unpaired) electrons. The zero-order valence-electron chi connectivity index (χ0n) is 15.9. The zero-order valence-corrected chi connectivity index (χ0v) is 15.9. The summed E-state index contributed by atoms with van der Waals surface area (Å²) in [5.74, 6) is 0. The van der Waals surface area contributed by atoms with Gasteiger partial charge in [-0.05, 0) is 61.7 Å². The molecule has 2 heterocycles. The molecular weight excluding hydrogens is 352 g/mol. The molecule has 0 atom stereocenters. The number of benzene rings is 2. The zero-order chi connectivity index (χ0) is 20.0. The summed E-state index contributed by atoms with van der Waals surface area (Å²) in [7, 11) is 0. The van der Waals surface area contributed by atoms with Gasteiger partial charge in [-0.15, -0.1) is 0 Å². The van der Waals surface area contributed by atoms with E-state index in [1.165, 1.54) is 6.07 Å². The molecule has 4 aromatic rings. The lowest BCUT2D eigenvalue weighted by molar-refractivity contribution is -0.383. The van der Waals surface area contributed by atoms with Crippen molar-refractivity contribution < 1.29 is 4.92 Å². The van der Waals surface area contributed by atoms with E-state index in [2.05, 4.69) is 29.0 Å². The fourth-order valence-electron chi connectivity index (χ4n) is 3.67. The van der Waals surface area contributed by atoms with Gasteiger partial charge < -0.3 is 10.7 Å². The van der Waals surface area contributed by atoms with E-state index >= 15 is 0 Å². The van der Waals surface area contributed by atoms with Gasteiger partial charge in [0.2, 0.25) is 0 Å².